The molecule has 2 N–H and O–H groups in total. The molecule has 2 heterocycles. The highest BCUT2D eigenvalue weighted by molar-refractivity contribution is 7.89. The monoisotopic (exact) mass is 306 g/mol. The van der Waals surface area contributed by atoms with E-state index >= 15 is 0 Å². The van der Waals surface area contributed by atoms with Crippen molar-refractivity contribution in [3.05, 3.63) is 0 Å². The molecule has 0 aliphatic carbocycles. The number of rotatable bonds is 5. The maximum atomic E-state index is 11.8. The Morgan fingerprint density at radius 1 is 1.40 bits per heavy atom. The number of aliphatic carboxylic acids is 1. The zero-order valence-corrected chi connectivity index (χ0v) is 11.8. The van der Waals surface area contributed by atoms with E-state index in [1.54, 1.807) is 0 Å². The molecule has 20 heavy (non-hydrogen) atoms. The van der Waals surface area contributed by atoms with Crippen molar-refractivity contribution in [2.24, 2.45) is 0 Å². The molecule has 2 fully saturated rings. The van der Waals surface area contributed by atoms with Crippen LogP contribution in [0, 0.1) is 0 Å². The summed E-state index contributed by atoms with van der Waals surface area (Å²) in [6, 6.07) is 0. The molecular weight excluding hydrogens is 288 g/mol. The average Bonchev–Trinajstić information content (AvgIpc) is 2.94. The van der Waals surface area contributed by atoms with Crippen molar-refractivity contribution in [1.29, 1.82) is 0 Å². The third-order valence-electron chi connectivity index (χ3n) is 3.60. The molecule has 1 amide bonds. The first kappa shape index (κ1) is 15.2. The maximum absolute atomic E-state index is 11.8. The SMILES string of the molecule is O=C(CCN1CCCS1(=O)=O)NC1(C(=O)O)CCOC1. The average molecular weight is 306 g/mol. The van der Waals surface area contributed by atoms with Crippen molar-refractivity contribution in [1.82, 2.24) is 9.62 Å². The number of sulfonamides is 1. The molecule has 1 unspecified atom stereocenters. The Kier molecular flexibility index (Phi) is 4.31. The summed E-state index contributed by atoms with van der Waals surface area (Å²) in [5, 5.41) is 11.6. The number of amides is 1. The Hall–Kier alpha value is -1.19. The van der Waals surface area contributed by atoms with Gasteiger partial charge in [-0.3, -0.25) is 4.79 Å². The van der Waals surface area contributed by atoms with Crippen LogP contribution in [0.25, 0.3) is 0 Å². The first-order valence-electron chi connectivity index (χ1n) is 6.46. The van der Waals surface area contributed by atoms with Crippen LogP contribution in [0.3, 0.4) is 0 Å². The minimum atomic E-state index is -3.23. The van der Waals surface area contributed by atoms with Gasteiger partial charge in [0.05, 0.1) is 12.4 Å². The summed E-state index contributed by atoms with van der Waals surface area (Å²) < 4.78 is 29.4. The number of carboxylic acids is 1. The molecule has 2 saturated heterocycles. The Morgan fingerprint density at radius 2 is 2.15 bits per heavy atom. The Morgan fingerprint density at radius 3 is 2.65 bits per heavy atom. The van der Waals surface area contributed by atoms with Gasteiger partial charge in [-0.05, 0) is 6.42 Å². The summed E-state index contributed by atoms with van der Waals surface area (Å²) in [5.74, 6) is -1.49. The third-order valence-corrected chi connectivity index (χ3v) is 5.56. The molecule has 0 aromatic carbocycles. The lowest BCUT2D eigenvalue weighted by Crippen LogP contribution is -2.55. The minimum Gasteiger partial charge on any atom is -0.479 e. The highest BCUT2D eigenvalue weighted by Crippen LogP contribution is 2.19. The van der Waals surface area contributed by atoms with Gasteiger partial charge in [0, 0.05) is 32.5 Å². The van der Waals surface area contributed by atoms with Crippen LogP contribution in [0.1, 0.15) is 19.3 Å². The van der Waals surface area contributed by atoms with Crippen molar-refractivity contribution in [3.63, 3.8) is 0 Å². The standard InChI is InChI=1S/C11H18N2O6S/c14-9(2-5-13-4-1-7-20(13,17)18)12-11(10(15)16)3-6-19-8-11/h1-8H2,(H,12,14)(H,15,16). The highest BCUT2D eigenvalue weighted by Gasteiger charge is 2.44. The van der Waals surface area contributed by atoms with E-state index in [4.69, 9.17) is 4.74 Å². The number of hydrogen-bond acceptors (Lipinski definition) is 5. The van der Waals surface area contributed by atoms with Crippen LogP contribution >= 0.6 is 0 Å². The van der Waals surface area contributed by atoms with Gasteiger partial charge in [0.25, 0.3) is 0 Å². The summed E-state index contributed by atoms with van der Waals surface area (Å²) in [4.78, 5) is 23.0. The lowest BCUT2D eigenvalue weighted by molar-refractivity contribution is -0.147. The molecular formula is C11H18N2O6S. The smallest absolute Gasteiger partial charge is 0.331 e. The predicted molar refractivity (Wildman–Crippen MR) is 68.5 cm³/mol. The van der Waals surface area contributed by atoms with Crippen LogP contribution in [0.2, 0.25) is 0 Å². The van der Waals surface area contributed by atoms with Crippen LogP contribution < -0.4 is 5.32 Å². The van der Waals surface area contributed by atoms with Gasteiger partial charge in [0.15, 0.2) is 5.54 Å². The third kappa shape index (κ3) is 3.10. The van der Waals surface area contributed by atoms with Gasteiger partial charge in [-0.1, -0.05) is 0 Å². The van der Waals surface area contributed by atoms with E-state index in [1.165, 1.54) is 4.31 Å². The second-order valence-electron chi connectivity index (χ2n) is 5.06. The number of nitrogens with zero attached hydrogens (tertiary/aromatic N) is 1. The van der Waals surface area contributed by atoms with Crippen LogP contribution in [0.4, 0.5) is 0 Å². The second-order valence-corrected chi connectivity index (χ2v) is 7.15. The van der Waals surface area contributed by atoms with E-state index in [9.17, 15) is 23.1 Å². The van der Waals surface area contributed by atoms with Gasteiger partial charge in [-0.15, -0.1) is 0 Å². The number of carbonyl (C=O) groups is 2. The van der Waals surface area contributed by atoms with Gasteiger partial charge < -0.3 is 15.2 Å². The summed E-state index contributed by atoms with van der Waals surface area (Å²) in [6.45, 7) is 0.733. The molecule has 1 atom stereocenters. The topological polar surface area (TPSA) is 113 Å². The van der Waals surface area contributed by atoms with E-state index in [0.29, 0.717) is 13.0 Å². The van der Waals surface area contributed by atoms with E-state index in [1.807, 2.05) is 0 Å². The fourth-order valence-corrected chi connectivity index (χ4v) is 3.91. The molecule has 0 aromatic heterocycles. The van der Waals surface area contributed by atoms with Crippen LogP contribution in [0.5, 0.6) is 0 Å². The summed E-state index contributed by atoms with van der Waals surface area (Å²) in [5.41, 5.74) is -1.37. The van der Waals surface area contributed by atoms with Gasteiger partial charge in [0.2, 0.25) is 15.9 Å². The summed E-state index contributed by atoms with van der Waals surface area (Å²) in [7, 11) is -3.23. The Labute approximate surface area is 117 Å². The number of carboxylic acid groups (broad SMARTS) is 1. The number of nitrogens with one attached hydrogen (secondary N) is 1. The maximum Gasteiger partial charge on any atom is 0.331 e. The number of carbonyl (C=O) groups excluding carboxylic acids is 1. The molecule has 0 radical (unpaired) electrons. The summed E-state index contributed by atoms with van der Waals surface area (Å²) in [6.07, 6.45) is 0.737. The van der Waals surface area contributed by atoms with Gasteiger partial charge >= 0.3 is 5.97 Å². The largest absolute Gasteiger partial charge is 0.479 e. The van der Waals surface area contributed by atoms with Crippen LogP contribution in [-0.4, -0.2) is 67.3 Å². The minimum absolute atomic E-state index is 0.0474. The van der Waals surface area contributed by atoms with Crippen molar-refractivity contribution in [3.8, 4) is 0 Å². The van der Waals surface area contributed by atoms with Crippen LogP contribution in [-0.2, 0) is 24.3 Å². The summed E-state index contributed by atoms with van der Waals surface area (Å²) >= 11 is 0. The van der Waals surface area contributed by atoms with Gasteiger partial charge in [-0.2, -0.15) is 0 Å². The Bertz CT molecular complexity index is 497. The molecule has 0 spiro atoms. The van der Waals surface area contributed by atoms with Crippen molar-refractivity contribution in [2.45, 2.75) is 24.8 Å². The molecule has 114 valence electrons. The van der Waals surface area contributed by atoms with Gasteiger partial charge in [-0.25, -0.2) is 17.5 Å². The van der Waals surface area contributed by atoms with Crippen molar-refractivity contribution in [2.75, 3.05) is 32.1 Å². The number of hydrogen-bond donors (Lipinski definition) is 2. The fourth-order valence-electron chi connectivity index (χ4n) is 2.38. The normalized spacial score (nSPS) is 29.4. The first-order valence-corrected chi connectivity index (χ1v) is 8.07. The molecule has 0 saturated carbocycles. The Balaban J connectivity index is 1.88. The van der Waals surface area contributed by atoms with Crippen molar-refractivity contribution < 1.29 is 27.9 Å². The van der Waals surface area contributed by atoms with Crippen LogP contribution in [0.15, 0.2) is 0 Å². The second kappa shape index (κ2) is 5.66. The lowest BCUT2D eigenvalue weighted by atomic mass is 9.99. The van der Waals surface area contributed by atoms with E-state index in [0.717, 1.165) is 0 Å². The fraction of sp³-hybridized carbons (Fsp3) is 0.818. The highest BCUT2D eigenvalue weighted by atomic mass is 32.2. The number of ether oxygens (including phenoxy) is 1. The molecule has 9 heteroatoms. The molecule has 2 aliphatic rings. The van der Waals surface area contributed by atoms with E-state index < -0.39 is 27.4 Å². The quantitative estimate of drug-likeness (QED) is 0.658. The molecule has 2 rings (SSSR count). The molecule has 2 aliphatic heterocycles. The zero-order chi connectivity index (χ0) is 14.8. The lowest BCUT2D eigenvalue weighted by Gasteiger charge is -2.24. The van der Waals surface area contributed by atoms with Gasteiger partial charge in [0.1, 0.15) is 0 Å². The zero-order valence-electron chi connectivity index (χ0n) is 11.0. The van der Waals surface area contributed by atoms with Crippen molar-refractivity contribution >= 4 is 21.9 Å². The first-order chi connectivity index (χ1) is 9.36. The molecule has 0 aromatic rings. The van der Waals surface area contributed by atoms with E-state index in [2.05, 4.69) is 5.32 Å². The van der Waals surface area contributed by atoms with E-state index in [-0.39, 0.29) is 38.4 Å². The molecule has 8 nitrogen and oxygen atoms in total. The molecule has 0 bridgehead atoms. The predicted octanol–water partition coefficient (Wildman–Crippen LogP) is -1.23.